The van der Waals surface area contributed by atoms with Crippen LogP contribution in [0.25, 0.3) is 32.2 Å². The maximum absolute atomic E-state index is 16.8. The SMILES string of the molecule is CN1CCOC2CN(c3ncc4c5c(c(-c6ncc(F)c7sc(NC(=O)OC(C)(C)C)c(C#N)c67)c(F)c4n3)COC5)CC21. The van der Waals surface area contributed by atoms with Crippen LogP contribution in [0, 0.1) is 23.0 Å². The number of ether oxygens (including phenoxy) is 3. The number of amides is 1. The number of anilines is 2. The minimum Gasteiger partial charge on any atom is -0.444 e. The Morgan fingerprint density at radius 3 is 2.75 bits per heavy atom. The van der Waals surface area contributed by atoms with Gasteiger partial charge in [-0.3, -0.25) is 15.2 Å². The molecule has 0 saturated carbocycles. The monoisotopic (exact) mass is 621 g/mol. The largest absolute Gasteiger partial charge is 0.444 e. The molecule has 14 heteroatoms. The molecule has 3 aliphatic heterocycles. The van der Waals surface area contributed by atoms with Gasteiger partial charge in [0.25, 0.3) is 0 Å². The number of nitrogens with zero attached hydrogens (tertiary/aromatic N) is 6. The van der Waals surface area contributed by atoms with Crippen LogP contribution in [-0.2, 0) is 27.4 Å². The number of benzene rings is 1. The molecule has 6 heterocycles. The van der Waals surface area contributed by atoms with E-state index in [1.54, 1.807) is 27.0 Å². The Balaban J connectivity index is 1.38. The zero-order valence-corrected chi connectivity index (χ0v) is 25.3. The number of nitrogens with one attached hydrogen (secondary N) is 1. The summed E-state index contributed by atoms with van der Waals surface area (Å²) in [5.74, 6) is -0.999. The van der Waals surface area contributed by atoms with E-state index in [0.717, 1.165) is 24.1 Å². The van der Waals surface area contributed by atoms with Crippen molar-refractivity contribution < 1.29 is 27.8 Å². The molecule has 0 bridgehead atoms. The van der Waals surface area contributed by atoms with Crippen LogP contribution < -0.4 is 10.2 Å². The summed E-state index contributed by atoms with van der Waals surface area (Å²) in [6.45, 7) is 8.11. The third kappa shape index (κ3) is 4.71. The first kappa shape index (κ1) is 28.7. The quantitative estimate of drug-likeness (QED) is 0.336. The number of pyridine rings is 1. The molecule has 1 amide bonds. The van der Waals surface area contributed by atoms with Gasteiger partial charge in [-0.2, -0.15) is 5.26 Å². The average molecular weight is 622 g/mol. The number of likely N-dealkylation sites (N-methyl/N-ethyl adjacent to an activating group) is 1. The highest BCUT2D eigenvalue weighted by molar-refractivity contribution is 7.23. The number of halogens is 2. The smallest absolute Gasteiger partial charge is 0.412 e. The normalized spacial score (nSPS) is 20.2. The van der Waals surface area contributed by atoms with E-state index in [4.69, 9.17) is 19.2 Å². The Labute approximate surface area is 255 Å². The second-order valence-electron chi connectivity index (χ2n) is 12.1. The van der Waals surface area contributed by atoms with Crippen molar-refractivity contribution in [1.82, 2.24) is 19.9 Å². The van der Waals surface area contributed by atoms with E-state index in [1.165, 1.54) is 0 Å². The number of morpholine rings is 1. The predicted octanol–water partition coefficient (Wildman–Crippen LogP) is 4.95. The zero-order valence-electron chi connectivity index (χ0n) is 24.5. The van der Waals surface area contributed by atoms with E-state index in [-0.39, 0.29) is 62.8 Å². The summed E-state index contributed by atoms with van der Waals surface area (Å²) >= 11 is 0.859. The summed E-state index contributed by atoms with van der Waals surface area (Å²) in [5, 5.41) is 13.4. The van der Waals surface area contributed by atoms with E-state index in [0.29, 0.717) is 42.2 Å². The predicted molar refractivity (Wildman–Crippen MR) is 160 cm³/mol. The topological polar surface area (TPSA) is 126 Å². The second-order valence-corrected chi connectivity index (χ2v) is 13.2. The van der Waals surface area contributed by atoms with Crippen molar-refractivity contribution in [1.29, 1.82) is 5.26 Å². The lowest BCUT2D eigenvalue weighted by Crippen LogP contribution is -2.48. The molecular weight excluding hydrogens is 592 g/mol. The standard InChI is InChI=1S/C30H29F2N7O4S/c1-30(2,3)43-29(40)37-27-14(7-33)22-25(34-9-18(31)26(22)44-27)21-17-13-41-12-16(17)15-8-35-28(36-24(15)23(21)32)39-10-19-20(11-39)42-6-5-38(19)4/h8-9,19-20H,5-6,10-13H2,1-4H3,(H,37,40). The van der Waals surface area contributed by atoms with Gasteiger partial charge in [0.1, 0.15) is 22.2 Å². The summed E-state index contributed by atoms with van der Waals surface area (Å²) in [6.07, 6.45) is 1.81. The van der Waals surface area contributed by atoms with E-state index in [9.17, 15) is 10.1 Å². The van der Waals surface area contributed by atoms with Crippen LogP contribution in [0.2, 0.25) is 0 Å². The molecule has 2 atom stereocenters. The van der Waals surface area contributed by atoms with Crippen LogP contribution in [0.4, 0.5) is 24.5 Å². The fourth-order valence-corrected chi connectivity index (χ4v) is 7.21. The summed E-state index contributed by atoms with van der Waals surface area (Å²) in [6, 6.07) is 2.23. The summed E-state index contributed by atoms with van der Waals surface area (Å²) in [5.41, 5.74) is 0.630. The number of hydrogen-bond acceptors (Lipinski definition) is 11. The van der Waals surface area contributed by atoms with Crippen molar-refractivity contribution in [3.05, 3.63) is 40.7 Å². The van der Waals surface area contributed by atoms with Crippen LogP contribution in [0.15, 0.2) is 12.4 Å². The highest BCUT2D eigenvalue weighted by Gasteiger charge is 2.40. The van der Waals surface area contributed by atoms with E-state index in [1.807, 2.05) is 4.90 Å². The highest BCUT2D eigenvalue weighted by Crippen LogP contribution is 2.46. The van der Waals surface area contributed by atoms with Crippen molar-refractivity contribution in [2.75, 3.05) is 43.5 Å². The molecule has 44 heavy (non-hydrogen) atoms. The average Bonchev–Trinajstić information content (AvgIpc) is 3.71. The lowest BCUT2D eigenvalue weighted by atomic mass is 9.94. The van der Waals surface area contributed by atoms with Gasteiger partial charge in [0, 0.05) is 42.2 Å². The molecule has 2 saturated heterocycles. The van der Waals surface area contributed by atoms with Crippen molar-refractivity contribution in [3.8, 4) is 17.3 Å². The Morgan fingerprint density at radius 2 is 2.00 bits per heavy atom. The third-order valence-corrected chi connectivity index (χ3v) is 9.29. The summed E-state index contributed by atoms with van der Waals surface area (Å²) in [4.78, 5) is 30.4. The molecule has 1 N–H and O–H groups in total. The molecule has 1 aromatic carbocycles. The molecule has 228 valence electrons. The molecule has 0 spiro atoms. The molecule has 2 fully saturated rings. The van der Waals surface area contributed by atoms with Gasteiger partial charge in [0.15, 0.2) is 11.6 Å². The Morgan fingerprint density at radius 1 is 1.20 bits per heavy atom. The van der Waals surface area contributed by atoms with Crippen LogP contribution in [0.5, 0.6) is 0 Å². The van der Waals surface area contributed by atoms with Crippen LogP contribution in [-0.4, -0.2) is 77.0 Å². The maximum Gasteiger partial charge on any atom is 0.412 e. The van der Waals surface area contributed by atoms with E-state index >= 15 is 8.78 Å². The summed E-state index contributed by atoms with van der Waals surface area (Å²) in [7, 11) is 2.06. The lowest BCUT2D eigenvalue weighted by Gasteiger charge is -2.33. The van der Waals surface area contributed by atoms with Gasteiger partial charge in [-0.05, 0) is 38.9 Å². The van der Waals surface area contributed by atoms with Gasteiger partial charge in [-0.1, -0.05) is 0 Å². The highest BCUT2D eigenvalue weighted by atomic mass is 32.1. The van der Waals surface area contributed by atoms with E-state index < -0.39 is 23.3 Å². The Bertz CT molecular complexity index is 1890. The van der Waals surface area contributed by atoms with E-state index in [2.05, 4.69) is 33.3 Å². The van der Waals surface area contributed by atoms with Crippen molar-refractivity contribution in [2.45, 2.75) is 51.7 Å². The van der Waals surface area contributed by atoms with Crippen molar-refractivity contribution in [2.24, 2.45) is 0 Å². The Hall–Kier alpha value is -4.03. The molecule has 2 unspecified atom stereocenters. The first-order valence-electron chi connectivity index (χ1n) is 14.2. The third-order valence-electron chi connectivity index (χ3n) is 8.18. The first-order chi connectivity index (χ1) is 21.0. The number of thiophene rings is 1. The van der Waals surface area contributed by atoms with Crippen molar-refractivity contribution in [3.63, 3.8) is 0 Å². The van der Waals surface area contributed by atoms with Gasteiger partial charge in [-0.25, -0.2) is 23.5 Å². The fraction of sp³-hybridized carbons (Fsp3) is 0.433. The molecular formula is C30H29F2N7O4S. The van der Waals surface area contributed by atoms with Crippen molar-refractivity contribution >= 4 is 49.4 Å². The van der Waals surface area contributed by atoms with Gasteiger partial charge >= 0.3 is 6.09 Å². The Kier molecular flexibility index (Phi) is 6.89. The number of fused-ring (bicyclic) bond motifs is 5. The number of rotatable bonds is 3. The van der Waals surface area contributed by atoms with Crippen LogP contribution in [0.3, 0.4) is 0 Å². The molecule has 4 aromatic rings. The van der Waals surface area contributed by atoms with Gasteiger partial charge in [0.2, 0.25) is 5.95 Å². The van der Waals surface area contributed by atoms with Gasteiger partial charge in [0.05, 0.1) is 54.1 Å². The second kappa shape index (κ2) is 10.6. The molecule has 3 aromatic heterocycles. The minimum atomic E-state index is -0.802. The molecule has 3 aliphatic rings. The number of nitriles is 1. The van der Waals surface area contributed by atoms with Crippen LogP contribution in [0.1, 0.15) is 37.5 Å². The molecule has 11 nitrogen and oxygen atoms in total. The molecule has 7 rings (SSSR count). The number of hydrogen-bond donors (Lipinski definition) is 1. The van der Waals surface area contributed by atoms with Crippen LogP contribution >= 0.6 is 11.3 Å². The number of carbonyl (C=O) groups excluding carboxylic acids is 1. The minimum absolute atomic E-state index is 0.00468. The lowest BCUT2D eigenvalue weighted by molar-refractivity contribution is -0.0362. The zero-order chi connectivity index (χ0) is 30.9. The molecule has 0 radical (unpaired) electrons. The van der Waals surface area contributed by atoms with Gasteiger partial charge < -0.3 is 19.1 Å². The summed E-state index contributed by atoms with van der Waals surface area (Å²) < 4.78 is 49.1. The number of aromatic nitrogens is 3. The fourth-order valence-electron chi connectivity index (χ4n) is 6.17. The number of carbonyl (C=O) groups is 1. The van der Waals surface area contributed by atoms with Gasteiger partial charge in [-0.15, -0.1) is 11.3 Å². The first-order valence-corrected chi connectivity index (χ1v) is 15.0. The maximum atomic E-state index is 16.8. The molecule has 0 aliphatic carbocycles.